The Hall–Kier alpha value is -0.530. The summed E-state index contributed by atoms with van der Waals surface area (Å²) in [7, 11) is 0. The molecule has 2 heteroatoms. The normalized spacial score (nSPS) is 26.6. The lowest BCUT2D eigenvalue weighted by Crippen LogP contribution is -2.34. The fraction of sp³-hybridized carbons (Fsp3) is 0.667. The Balaban J connectivity index is 1.66. The standard InChI is InChI=1S/C18H26ClN/c19-12-4-9-17-10-5-13-20(17)14-16-8-3-7-15-6-1-2-11-18(15)16/h1-2,6,11,16-17H,3-5,7-10,12-14H2. The first-order chi connectivity index (χ1) is 9.88. The molecule has 1 aromatic carbocycles. The summed E-state index contributed by atoms with van der Waals surface area (Å²) in [6.07, 6.45) is 9.23. The predicted molar refractivity (Wildman–Crippen MR) is 86.7 cm³/mol. The van der Waals surface area contributed by atoms with E-state index in [1.807, 2.05) is 0 Å². The number of benzene rings is 1. The third-order valence-corrected chi connectivity index (χ3v) is 5.39. The molecular formula is C18H26ClN. The number of hydrogen-bond donors (Lipinski definition) is 0. The SMILES string of the molecule is ClCCCC1CCCN1CC1CCCc2ccccc21. The molecule has 0 amide bonds. The number of fused-ring (bicyclic) bond motifs is 1. The van der Waals surface area contributed by atoms with E-state index in [0.29, 0.717) is 0 Å². The minimum absolute atomic E-state index is 0.761. The van der Waals surface area contributed by atoms with E-state index in [1.54, 1.807) is 11.1 Å². The van der Waals surface area contributed by atoms with E-state index in [9.17, 15) is 0 Å². The summed E-state index contributed by atoms with van der Waals surface area (Å²) in [5.74, 6) is 1.58. The van der Waals surface area contributed by atoms with Crippen LogP contribution in [0.4, 0.5) is 0 Å². The molecule has 0 aromatic heterocycles. The van der Waals surface area contributed by atoms with E-state index in [0.717, 1.165) is 17.8 Å². The van der Waals surface area contributed by atoms with Crippen LogP contribution in [-0.2, 0) is 6.42 Å². The lowest BCUT2D eigenvalue weighted by molar-refractivity contribution is 0.220. The van der Waals surface area contributed by atoms with Gasteiger partial charge in [-0.3, -0.25) is 4.90 Å². The van der Waals surface area contributed by atoms with E-state index in [4.69, 9.17) is 11.6 Å². The lowest BCUT2D eigenvalue weighted by atomic mass is 9.82. The number of likely N-dealkylation sites (tertiary alicyclic amines) is 1. The molecule has 110 valence electrons. The smallest absolute Gasteiger partial charge is 0.0224 e. The van der Waals surface area contributed by atoms with Crippen LogP contribution in [0.5, 0.6) is 0 Å². The Kier molecular flexibility index (Phi) is 5.01. The highest BCUT2D eigenvalue weighted by Crippen LogP contribution is 2.34. The zero-order valence-electron chi connectivity index (χ0n) is 12.4. The van der Waals surface area contributed by atoms with Crippen molar-refractivity contribution in [1.29, 1.82) is 0 Å². The average Bonchev–Trinajstić information content (AvgIpc) is 2.93. The minimum atomic E-state index is 0.761. The molecule has 2 aliphatic rings. The number of hydrogen-bond acceptors (Lipinski definition) is 1. The van der Waals surface area contributed by atoms with Crippen molar-refractivity contribution in [1.82, 2.24) is 4.90 Å². The Morgan fingerprint density at radius 1 is 1.15 bits per heavy atom. The molecule has 0 bridgehead atoms. The van der Waals surface area contributed by atoms with Gasteiger partial charge in [-0.05, 0) is 68.5 Å². The summed E-state index contributed by atoms with van der Waals surface area (Å²) < 4.78 is 0. The zero-order valence-corrected chi connectivity index (χ0v) is 13.1. The first kappa shape index (κ1) is 14.4. The maximum Gasteiger partial charge on any atom is 0.0224 e. The summed E-state index contributed by atoms with van der Waals surface area (Å²) in [4.78, 5) is 2.75. The molecule has 1 fully saturated rings. The highest BCUT2D eigenvalue weighted by atomic mass is 35.5. The summed E-state index contributed by atoms with van der Waals surface area (Å²) in [5, 5.41) is 0. The fourth-order valence-corrected chi connectivity index (χ4v) is 4.26. The van der Waals surface area contributed by atoms with Crippen molar-refractivity contribution in [3.63, 3.8) is 0 Å². The van der Waals surface area contributed by atoms with Crippen LogP contribution in [0.3, 0.4) is 0 Å². The summed E-state index contributed by atoms with van der Waals surface area (Å²) >= 11 is 5.87. The van der Waals surface area contributed by atoms with Crippen LogP contribution in [0.2, 0.25) is 0 Å². The molecule has 2 atom stereocenters. The molecule has 1 aliphatic heterocycles. The molecule has 0 spiro atoms. The second-order valence-corrected chi connectivity index (χ2v) is 6.79. The second kappa shape index (κ2) is 6.95. The molecule has 1 aliphatic carbocycles. The first-order valence-corrected chi connectivity index (χ1v) is 8.80. The van der Waals surface area contributed by atoms with Crippen LogP contribution >= 0.6 is 11.6 Å². The molecule has 1 nitrogen and oxygen atoms in total. The largest absolute Gasteiger partial charge is 0.300 e. The first-order valence-electron chi connectivity index (χ1n) is 8.26. The van der Waals surface area contributed by atoms with Gasteiger partial charge < -0.3 is 0 Å². The van der Waals surface area contributed by atoms with Crippen LogP contribution in [0.15, 0.2) is 24.3 Å². The third-order valence-electron chi connectivity index (χ3n) is 5.12. The van der Waals surface area contributed by atoms with Gasteiger partial charge in [-0.1, -0.05) is 24.3 Å². The van der Waals surface area contributed by atoms with Crippen molar-refractivity contribution in [3.8, 4) is 0 Å². The highest BCUT2D eigenvalue weighted by Gasteiger charge is 2.28. The van der Waals surface area contributed by atoms with Gasteiger partial charge in [0.15, 0.2) is 0 Å². The molecule has 0 N–H and O–H groups in total. The van der Waals surface area contributed by atoms with Gasteiger partial charge in [-0.15, -0.1) is 11.6 Å². The third kappa shape index (κ3) is 3.20. The fourth-order valence-electron chi connectivity index (χ4n) is 4.10. The van der Waals surface area contributed by atoms with Crippen molar-refractivity contribution in [2.45, 2.75) is 56.9 Å². The monoisotopic (exact) mass is 291 g/mol. The van der Waals surface area contributed by atoms with Gasteiger partial charge in [0.1, 0.15) is 0 Å². The molecule has 1 aromatic rings. The Morgan fingerprint density at radius 3 is 2.95 bits per heavy atom. The van der Waals surface area contributed by atoms with Gasteiger partial charge in [-0.2, -0.15) is 0 Å². The van der Waals surface area contributed by atoms with E-state index in [-0.39, 0.29) is 0 Å². The summed E-state index contributed by atoms with van der Waals surface area (Å²) in [5.41, 5.74) is 3.22. The summed E-state index contributed by atoms with van der Waals surface area (Å²) in [6.45, 7) is 2.57. The van der Waals surface area contributed by atoms with Gasteiger partial charge in [0.25, 0.3) is 0 Å². The minimum Gasteiger partial charge on any atom is -0.300 e. The number of rotatable bonds is 5. The number of aryl methyl sites for hydroxylation is 1. The predicted octanol–water partition coefficient (Wildman–Crippen LogP) is 4.59. The summed E-state index contributed by atoms with van der Waals surface area (Å²) in [6, 6.07) is 9.90. The van der Waals surface area contributed by atoms with Crippen molar-refractivity contribution < 1.29 is 0 Å². The van der Waals surface area contributed by atoms with Gasteiger partial charge in [-0.25, -0.2) is 0 Å². The van der Waals surface area contributed by atoms with Crippen molar-refractivity contribution in [3.05, 3.63) is 35.4 Å². The molecule has 20 heavy (non-hydrogen) atoms. The number of nitrogens with zero attached hydrogens (tertiary/aromatic N) is 1. The molecule has 2 unspecified atom stereocenters. The van der Waals surface area contributed by atoms with Crippen LogP contribution in [0, 0.1) is 0 Å². The maximum absolute atomic E-state index is 5.87. The lowest BCUT2D eigenvalue weighted by Gasteiger charge is -2.32. The molecule has 1 heterocycles. The van der Waals surface area contributed by atoms with Gasteiger partial charge in [0, 0.05) is 18.5 Å². The molecule has 0 radical (unpaired) electrons. The van der Waals surface area contributed by atoms with Crippen LogP contribution in [0.1, 0.15) is 55.6 Å². The molecular weight excluding hydrogens is 266 g/mol. The van der Waals surface area contributed by atoms with E-state index in [2.05, 4.69) is 29.2 Å². The van der Waals surface area contributed by atoms with Crippen molar-refractivity contribution >= 4 is 11.6 Å². The van der Waals surface area contributed by atoms with E-state index >= 15 is 0 Å². The zero-order chi connectivity index (χ0) is 13.8. The molecule has 0 saturated carbocycles. The molecule has 1 saturated heterocycles. The second-order valence-electron chi connectivity index (χ2n) is 6.41. The van der Waals surface area contributed by atoms with E-state index in [1.165, 1.54) is 58.0 Å². The van der Waals surface area contributed by atoms with Gasteiger partial charge in [0.05, 0.1) is 0 Å². The Morgan fingerprint density at radius 2 is 2.05 bits per heavy atom. The maximum atomic E-state index is 5.87. The van der Waals surface area contributed by atoms with Crippen molar-refractivity contribution in [2.75, 3.05) is 19.0 Å². The average molecular weight is 292 g/mol. The number of alkyl halides is 1. The van der Waals surface area contributed by atoms with E-state index < -0.39 is 0 Å². The number of halogens is 1. The highest BCUT2D eigenvalue weighted by molar-refractivity contribution is 6.17. The Bertz CT molecular complexity index is 431. The quantitative estimate of drug-likeness (QED) is 0.717. The molecule has 3 rings (SSSR count). The van der Waals surface area contributed by atoms with Crippen LogP contribution < -0.4 is 0 Å². The van der Waals surface area contributed by atoms with Crippen molar-refractivity contribution in [2.24, 2.45) is 0 Å². The topological polar surface area (TPSA) is 3.24 Å². The van der Waals surface area contributed by atoms with Gasteiger partial charge in [0.2, 0.25) is 0 Å². The van der Waals surface area contributed by atoms with Gasteiger partial charge >= 0.3 is 0 Å². The Labute approximate surface area is 128 Å². The van der Waals surface area contributed by atoms with Crippen LogP contribution in [0.25, 0.3) is 0 Å². The van der Waals surface area contributed by atoms with Crippen LogP contribution in [-0.4, -0.2) is 29.9 Å².